The Kier molecular flexibility index (Phi) is 7.07. The minimum Gasteiger partial charge on any atom is -0.468 e. The largest absolute Gasteiger partial charge is 0.468 e. The third-order valence-electron chi connectivity index (χ3n) is 7.18. The molecule has 1 aliphatic heterocycles. The van der Waals surface area contributed by atoms with E-state index in [4.69, 9.17) is 9.72 Å². The van der Waals surface area contributed by atoms with Gasteiger partial charge in [0.15, 0.2) is 5.82 Å². The van der Waals surface area contributed by atoms with E-state index >= 15 is 0 Å². The molecule has 1 N–H and O–H groups in total. The van der Waals surface area contributed by atoms with Crippen molar-refractivity contribution in [2.24, 2.45) is 0 Å². The molecule has 6 rings (SSSR count). The molecule has 10 nitrogen and oxygen atoms in total. The summed E-state index contributed by atoms with van der Waals surface area (Å²) in [7, 11) is 1.43. The summed E-state index contributed by atoms with van der Waals surface area (Å²) in [6, 6.07) is 26.8. The molecule has 0 unspecified atom stereocenters. The van der Waals surface area contributed by atoms with E-state index in [0.29, 0.717) is 25.6 Å². The van der Waals surface area contributed by atoms with Gasteiger partial charge in [-0.05, 0) is 34.0 Å². The number of nitrogens with zero attached hydrogens (tertiary/aromatic N) is 7. The first-order valence-corrected chi connectivity index (χ1v) is 13.3. The molecule has 40 heavy (non-hydrogen) atoms. The average molecular weight is 535 g/mol. The lowest BCUT2D eigenvalue weighted by molar-refractivity contribution is -0.142. The first-order chi connectivity index (χ1) is 19.6. The van der Waals surface area contributed by atoms with Crippen LogP contribution in [0.15, 0.2) is 78.9 Å². The number of methoxy groups -OCH3 is 1. The highest BCUT2D eigenvalue weighted by Gasteiger charge is 2.31. The van der Waals surface area contributed by atoms with Crippen molar-refractivity contribution in [2.45, 2.75) is 26.4 Å². The molecule has 5 aromatic rings. The van der Waals surface area contributed by atoms with Crippen molar-refractivity contribution in [1.29, 1.82) is 0 Å². The van der Waals surface area contributed by atoms with Gasteiger partial charge in [-0.2, -0.15) is 5.21 Å². The fourth-order valence-electron chi connectivity index (χ4n) is 5.22. The lowest BCUT2D eigenvalue weighted by atomic mass is 9.98. The van der Waals surface area contributed by atoms with Crippen molar-refractivity contribution in [3.05, 3.63) is 95.9 Å². The molecule has 2 aromatic heterocycles. The first-order valence-electron chi connectivity index (χ1n) is 13.3. The summed E-state index contributed by atoms with van der Waals surface area (Å²) in [5, 5.41) is 14.6. The van der Waals surface area contributed by atoms with Crippen LogP contribution in [-0.2, 0) is 29.0 Å². The van der Waals surface area contributed by atoms with Crippen LogP contribution in [0.4, 0.5) is 11.5 Å². The number of aromatic amines is 1. The van der Waals surface area contributed by atoms with E-state index in [2.05, 4.69) is 84.4 Å². The van der Waals surface area contributed by atoms with Crippen molar-refractivity contribution in [2.75, 3.05) is 25.2 Å². The Morgan fingerprint density at radius 1 is 0.975 bits per heavy atom. The van der Waals surface area contributed by atoms with E-state index in [1.807, 2.05) is 36.4 Å². The molecule has 0 radical (unpaired) electrons. The Balaban J connectivity index is 1.33. The van der Waals surface area contributed by atoms with Crippen molar-refractivity contribution in [3.8, 4) is 22.5 Å². The summed E-state index contributed by atoms with van der Waals surface area (Å²) in [5.74, 6) is 2.26. The average Bonchev–Trinajstić information content (AvgIpc) is 3.66. The number of carbonyl (C=O) groups is 1. The van der Waals surface area contributed by atoms with Crippen LogP contribution in [0.5, 0.6) is 0 Å². The molecule has 202 valence electrons. The van der Waals surface area contributed by atoms with Gasteiger partial charge < -0.3 is 14.2 Å². The number of rotatable bonds is 8. The Labute approximate surface area is 232 Å². The maximum atomic E-state index is 12.2. The highest BCUT2D eigenvalue weighted by atomic mass is 16.5. The van der Waals surface area contributed by atoms with Crippen molar-refractivity contribution in [3.63, 3.8) is 0 Å². The van der Waals surface area contributed by atoms with Gasteiger partial charge in [0.25, 0.3) is 0 Å². The maximum absolute atomic E-state index is 12.2. The van der Waals surface area contributed by atoms with Gasteiger partial charge in [0.2, 0.25) is 5.82 Å². The Bertz CT molecular complexity index is 1600. The van der Waals surface area contributed by atoms with Crippen LogP contribution >= 0.6 is 0 Å². The highest BCUT2D eigenvalue weighted by molar-refractivity contribution is 5.80. The molecule has 0 saturated carbocycles. The van der Waals surface area contributed by atoms with E-state index in [0.717, 1.165) is 51.7 Å². The summed E-state index contributed by atoms with van der Waals surface area (Å²) in [6.45, 7) is 4.17. The predicted molar refractivity (Wildman–Crippen MR) is 152 cm³/mol. The molecule has 3 heterocycles. The molecule has 0 aliphatic carbocycles. The quantitative estimate of drug-likeness (QED) is 0.292. The number of anilines is 2. The smallest absolute Gasteiger partial charge is 0.319 e. The number of nitrogens with one attached hydrogen (secondary N) is 1. The summed E-state index contributed by atoms with van der Waals surface area (Å²) in [4.78, 5) is 21.6. The minimum atomic E-state index is -0.255. The number of para-hydroxylation sites is 1. The molecular weight excluding hydrogens is 504 g/mol. The number of esters is 1. The standard InChI is InChI=1S/C30H30N8O2/c1-3-27-31-30-26(18-36(19-28(39)40-2)20-38(30)23-9-5-4-6-10-23)37(27)17-21-13-15-22(16-14-21)24-11-7-8-12-25(24)29-32-34-35-33-29/h4-16H,3,17-20H2,1-2H3,(H,32,33,34,35). The molecule has 0 spiro atoms. The number of H-pyrrole nitrogens is 1. The number of carbonyl (C=O) groups excluding carboxylic acids is 1. The van der Waals surface area contributed by atoms with Gasteiger partial charge in [-0.3, -0.25) is 9.69 Å². The zero-order chi connectivity index (χ0) is 27.5. The topological polar surface area (TPSA) is 105 Å². The third kappa shape index (κ3) is 4.96. The lowest BCUT2D eigenvalue weighted by Gasteiger charge is -2.35. The van der Waals surface area contributed by atoms with Gasteiger partial charge in [0, 0.05) is 30.8 Å². The van der Waals surface area contributed by atoms with Crippen LogP contribution in [0.1, 0.15) is 24.0 Å². The number of hydrogen-bond acceptors (Lipinski definition) is 8. The Hall–Kier alpha value is -4.83. The molecule has 3 aromatic carbocycles. The summed E-state index contributed by atoms with van der Waals surface area (Å²) >= 11 is 0. The Morgan fingerprint density at radius 2 is 1.73 bits per heavy atom. The fraction of sp³-hybridized carbons (Fsp3) is 0.233. The first kappa shape index (κ1) is 25.4. The van der Waals surface area contributed by atoms with E-state index in [9.17, 15) is 4.79 Å². The van der Waals surface area contributed by atoms with E-state index in [-0.39, 0.29) is 12.5 Å². The number of tetrazole rings is 1. The normalized spacial score (nSPS) is 13.3. The molecule has 0 fully saturated rings. The predicted octanol–water partition coefficient (Wildman–Crippen LogP) is 4.43. The fourth-order valence-corrected chi connectivity index (χ4v) is 5.22. The number of hydrogen-bond donors (Lipinski definition) is 1. The molecule has 1 aliphatic rings. The van der Waals surface area contributed by atoms with Gasteiger partial charge in [-0.25, -0.2) is 4.98 Å². The molecular formula is C30H30N8O2. The second-order valence-electron chi connectivity index (χ2n) is 9.68. The van der Waals surface area contributed by atoms with Crippen LogP contribution in [0.2, 0.25) is 0 Å². The number of aromatic nitrogens is 6. The van der Waals surface area contributed by atoms with Gasteiger partial charge in [-0.15, -0.1) is 10.2 Å². The van der Waals surface area contributed by atoms with Crippen molar-refractivity contribution in [1.82, 2.24) is 35.1 Å². The lowest BCUT2D eigenvalue weighted by Crippen LogP contribution is -2.43. The van der Waals surface area contributed by atoms with Crippen molar-refractivity contribution < 1.29 is 9.53 Å². The van der Waals surface area contributed by atoms with Crippen LogP contribution in [0, 0.1) is 0 Å². The number of benzene rings is 3. The number of fused-ring (bicyclic) bond motifs is 1. The number of aryl methyl sites for hydroxylation is 1. The number of ether oxygens (including phenoxy) is 1. The summed E-state index contributed by atoms with van der Waals surface area (Å²) < 4.78 is 7.27. The van der Waals surface area contributed by atoms with Crippen LogP contribution < -0.4 is 4.90 Å². The van der Waals surface area contributed by atoms with Gasteiger partial charge in [0.05, 0.1) is 26.0 Å². The van der Waals surface area contributed by atoms with Crippen LogP contribution in [0.3, 0.4) is 0 Å². The molecule has 0 amide bonds. The number of imidazole rings is 1. The zero-order valence-corrected chi connectivity index (χ0v) is 22.5. The summed E-state index contributed by atoms with van der Waals surface area (Å²) in [5.41, 5.74) is 6.33. The highest BCUT2D eigenvalue weighted by Crippen LogP contribution is 2.35. The van der Waals surface area contributed by atoms with Gasteiger partial charge in [-0.1, -0.05) is 73.7 Å². The Morgan fingerprint density at radius 3 is 2.42 bits per heavy atom. The third-order valence-corrected chi connectivity index (χ3v) is 7.18. The maximum Gasteiger partial charge on any atom is 0.319 e. The van der Waals surface area contributed by atoms with E-state index < -0.39 is 0 Å². The molecule has 0 atom stereocenters. The van der Waals surface area contributed by atoms with Crippen LogP contribution in [0.25, 0.3) is 22.5 Å². The monoisotopic (exact) mass is 534 g/mol. The molecule has 0 bridgehead atoms. The second-order valence-corrected chi connectivity index (χ2v) is 9.68. The van der Waals surface area contributed by atoms with Crippen LogP contribution in [-0.4, -0.2) is 61.4 Å². The van der Waals surface area contributed by atoms with Gasteiger partial charge in [0.1, 0.15) is 5.82 Å². The minimum absolute atomic E-state index is 0.209. The summed E-state index contributed by atoms with van der Waals surface area (Å²) in [6.07, 6.45) is 0.794. The van der Waals surface area contributed by atoms with E-state index in [1.165, 1.54) is 7.11 Å². The second kappa shape index (κ2) is 11.1. The zero-order valence-electron chi connectivity index (χ0n) is 22.5. The van der Waals surface area contributed by atoms with Crippen molar-refractivity contribution >= 4 is 17.5 Å². The molecule has 10 heteroatoms. The van der Waals surface area contributed by atoms with Gasteiger partial charge >= 0.3 is 5.97 Å². The molecule has 0 saturated heterocycles. The SMILES string of the molecule is CCc1nc2c(n1Cc1ccc(-c3ccccc3-c3nn[nH]n3)cc1)CN(CC(=O)OC)CN2c1ccccc1. The van der Waals surface area contributed by atoms with E-state index in [1.54, 1.807) is 0 Å².